The fraction of sp³-hybridized carbons (Fsp3) is 0.773. The van der Waals surface area contributed by atoms with Gasteiger partial charge in [-0.1, -0.05) is 25.2 Å². The highest BCUT2D eigenvalue weighted by molar-refractivity contribution is 6.17. The Bertz CT molecular complexity index is 456. The second-order valence-electron chi connectivity index (χ2n) is 7.48. The van der Waals surface area contributed by atoms with Crippen molar-refractivity contribution in [2.75, 3.05) is 12.9 Å². The van der Waals surface area contributed by atoms with Crippen molar-refractivity contribution in [2.45, 2.75) is 77.7 Å². The van der Waals surface area contributed by atoms with Gasteiger partial charge < -0.3 is 5.32 Å². The molecule has 1 N–H and O–H groups in total. The van der Waals surface area contributed by atoms with E-state index in [-0.39, 0.29) is 0 Å². The van der Waals surface area contributed by atoms with Crippen LogP contribution in [0.1, 0.15) is 72.1 Å². The summed E-state index contributed by atoms with van der Waals surface area (Å²) in [4.78, 5) is 0. The van der Waals surface area contributed by atoms with Crippen LogP contribution < -0.4 is 5.32 Å². The second-order valence-corrected chi connectivity index (χ2v) is 7.86. The van der Waals surface area contributed by atoms with Gasteiger partial charge in [0.15, 0.2) is 0 Å². The van der Waals surface area contributed by atoms with E-state index in [4.69, 9.17) is 11.6 Å². The van der Waals surface area contributed by atoms with E-state index in [0.29, 0.717) is 11.5 Å². The maximum Gasteiger partial charge on any atom is 0.0298 e. The van der Waals surface area contributed by atoms with Crippen LogP contribution in [0.5, 0.6) is 0 Å². The van der Waals surface area contributed by atoms with Crippen molar-refractivity contribution < 1.29 is 0 Å². The third-order valence-electron chi connectivity index (χ3n) is 5.81. The molecule has 0 aliphatic heterocycles. The molecule has 0 radical (unpaired) electrons. The number of nitrogens with one attached hydrogen (secondary N) is 1. The van der Waals surface area contributed by atoms with Crippen LogP contribution in [0.25, 0.3) is 0 Å². The van der Waals surface area contributed by atoms with Gasteiger partial charge in [-0.05, 0) is 83.8 Å². The molecule has 0 aromatic rings. The van der Waals surface area contributed by atoms with Crippen molar-refractivity contribution in [3.8, 4) is 11.8 Å². The predicted octanol–water partition coefficient (Wildman–Crippen LogP) is 5.94. The molecule has 0 amide bonds. The standard InChI is InChI=1S/C22H36ClN/c1-5-7-8-9-12-21(18-19(6-2)11-10-17-23)20-13-15-22(3,24-4)16-14-20/h5,8,19-21,24H,6,10-11,13-18H2,1-4H3. The molecule has 2 unspecified atom stereocenters. The van der Waals surface area contributed by atoms with Gasteiger partial charge >= 0.3 is 0 Å². The summed E-state index contributed by atoms with van der Waals surface area (Å²) in [6, 6.07) is 0. The Kier molecular flexibility index (Phi) is 10.5. The van der Waals surface area contributed by atoms with E-state index in [1.165, 1.54) is 44.9 Å². The molecular weight excluding hydrogens is 314 g/mol. The predicted molar refractivity (Wildman–Crippen MR) is 107 cm³/mol. The lowest BCUT2D eigenvalue weighted by Crippen LogP contribution is -2.43. The van der Waals surface area contributed by atoms with Crippen LogP contribution in [0.3, 0.4) is 0 Å². The van der Waals surface area contributed by atoms with Crippen LogP contribution in [0.15, 0.2) is 17.9 Å². The highest BCUT2D eigenvalue weighted by atomic mass is 35.5. The lowest BCUT2D eigenvalue weighted by Gasteiger charge is -2.39. The van der Waals surface area contributed by atoms with Crippen molar-refractivity contribution in [3.05, 3.63) is 17.9 Å². The van der Waals surface area contributed by atoms with Crippen LogP contribution in [0, 0.1) is 29.6 Å². The number of rotatable bonds is 8. The van der Waals surface area contributed by atoms with E-state index in [1.807, 2.05) is 19.1 Å². The molecule has 1 aliphatic rings. The van der Waals surface area contributed by atoms with Gasteiger partial charge in [0.1, 0.15) is 0 Å². The summed E-state index contributed by atoms with van der Waals surface area (Å²) in [6.07, 6.45) is 13.7. The van der Waals surface area contributed by atoms with Crippen molar-refractivity contribution in [2.24, 2.45) is 17.8 Å². The molecule has 0 aromatic heterocycles. The molecule has 1 fully saturated rings. The summed E-state index contributed by atoms with van der Waals surface area (Å²) in [5.41, 5.74) is 3.40. The SMILES string of the molecule is CC=C=CC#CC(CC(CC)CCCCl)C1CCC(C)(NC)CC1. The first kappa shape index (κ1) is 21.4. The zero-order valence-corrected chi connectivity index (χ0v) is 16.9. The summed E-state index contributed by atoms with van der Waals surface area (Å²) < 4.78 is 0. The summed E-state index contributed by atoms with van der Waals surface area (Å²) in [5.74, 6) is 9.60. The Morgan fingerprint density at radius 2 is 2.04 bits per heavy atom. The number of hydrogen-bond acceptors (Lipinski definition) is 1. The highest BCUT2D eigenvalue weighted by Crippen LogP contribution is 2.38. The van der Waals surface area contributed by atoms with E-state index >= 15 is 0 Å². The van der Waals surface area contributed by atoms with Crippen molar-refractivity contribution >= 4 is 11.6 Å². The van der Waals surface area contributed by atoms with Gasteiger partial charge in [-0.2, -0.15) is 0 Å². The molecule has 1 nitrogen and oxygen atoms in total. The maximum absolute atomic E-state index is 5.90. The molecule has 24 heavy (non-hydrogen) atoms. The van der Waals surface area contributed by atoms with Gasteiger partial charge in [0.2, 0.25) is 0 Å². The van der Waals surface area contributed by atoms with Gasteiger partial charge in [0, 0.05) is 23.4 Å². The summed E-state index contributed by atoms with van der Waals surface area (Å²) in [5, 5.41) is 3.51. The first-order valence-corrected chi connectivity index (χ1v) is 10.2. The van der Waals surface area contributed by atoms with Crippen LogP contribution >= 0.6 is 11.6 Å². The monoisotopic (exact) mass is 349 g/mol. The first-order chi connectivity index (χ1) is 11.6. The van der Waals surface area contributed by atoms with Crippen LogP contribution in [-0.4, -0.2) is 18.5 Å². The quantitative estimate of drug-likeness (QED) is 0.325. The van der Waals surface area contributed by atoms with Crippen LogP contribution in [-0.2, 0) is 0 Å². The van der Waals surface area contributed by atoms with Crippen molar-refractivity contribution in [1.82, 2.24) is 5.32 Å². The topological polar surface area (TPSA) is 12.0 Å². The van der Waals surface area contributed by atoms with E-state index in [2.05, 4.69) is 43.8 Å². The van der Waals surface area contributed by atoms with Crippen molar-refractivity contribution in [1.29, 1.82) is 0 Å². The maximum atomic E-state index is 5.90. The molecule has 0 spiro atoms. The Balaban J connectivity index is 2.77. The third-order valence-corrected chi connectivity index (χ3v) is 6.08. The van der Waals surface area contributed by atoms with Crippen LogP contribution in [0.2, 0.25) is 0 Å². The van der Waals surface area contributed by atoms with E-state index in [1.54, 1.807) is 0 Å². The van der Waals surface area contributed by atoms with E-state index in [9.17, 15) is 0 Å². The fourth-order valence-corrected chi connectivity index (χ4v) is 3.94. The molecule has 0 saturated heterocycles. The molecule has 2 atom stereocenters. The van der Waals surface area contributed by atoms with E-state index in [0.717, 1.165) is 24.1 Å². The number of allylic oxidation sites excluding steroid dienone is 1. The number of hydrogen-bond donors (Lipinski definition) is 1. The number of alkyl halides is 1. The van der Waals surface area contributed by atoms with Gasteiger partial charge in [-0.15, -0.1) is 17.3 Å². The Morgan fingerprint density at radius 3 is 2.58 bits per heavy atom. The zero-order chi connectivity index (χ0) is 17.8. The molecule has 2 heteroatoms. The minimum Gasteiger partial charge on any atom is -0.315 e. The van der Waals surface area contributed by atoms with Gasteiger partial charge in [0.05, 0.1) is 0 Å². The first-order valence-electron chi connectivity index (χ1n) is 9.70. The minimum atomic E-state index is 0.322. The second kappa shape index (κ2) is 11.8. The van der Waals surface area contributed by atoms with E-state index < -0.39 is 0 Å². The summed E-state index contributed by atoms with van der Waals surface area (Å²) >= 11 is 5.90. The van der Waals surface area contributed by atoms with Gasteiger partial charge in [-0.25, -0.2) is 0 Å². The van der Waals surface area contributed by atoms with Crippen LogP contribution in [0.4, 0.5) is 0 Å². The normalized spacial score (nSPS) is 25.8. The molecule has 0 bridgehead atoms. The lowest BCUT2D eigenvalue weighted by atomic mass is 9.70. The Morgan fingerprint density at radius 1 is 1.33 bits per heavy atom. The number of halogens is 1. The lowest BCUT2D eigenvalue weighted by molar-refractivity contribution is 0.174. The van der Waals surface area contributed by atoms with Gasteiger partial charge in [-0.3, -0.25) is 0 Å². The molecule has 1 rings (SSSR count). The summed E-state index contributed by atoms with van der Waals surface area (Å²) in [7, 11) is 2.10. The van der Waals surface area contributed by atoms with Crippen molar-refractivity contribution in [3.63, 3.8) is 0 Å². The van der Waals surface area contributed by atoms with Gasteiger partial charge in [0.25, 0.3) is 0 Å². The molecule has 0 heterocycles. The fourth-order valence-electron chi connectivity index (χ4n) is 3.79. The largest absolute Gasteiger partial charge is 0.315 e. The molecule has 136 valence electrons. The molecule has 1 aliphatic carbocycles. The highest BCUT2D eigenvalue weighted by Gasteiger charge is 2.33. The Hall–Kier alpha value is -0.670. The molecule has 0 aromatic carbocycles. The average Bonchev–Trinajstić information content (AvgIpc) is 2.61. The third kappa shape index (κ3) is 7.48. The minimum absolute atomic E-state index is 0.322. The average molecular weight is 350 g/mol. The smallest absolute Gasteiger partial charge is 0.0298 e. The molecular formula is C22H36ClN. The zero-order valence-electron chi connectivity index (χ0n) is 16.1. The molecule has 1 saturated carbocycles. The summed E-state index contributed by atoms with van der Waals surface area (Å²) in [6.45, 7) is 6.64. The Labute approximate surface area is 155 Å².